The third-order valence-corrected chi connectivity index (χ3v) is 3.01. The Labute approximate surface area is 104 Å². The van der Waals surface area contributed by atoms with Crippen LogP contribution in [0, 0.1) is 0 Å². The minimum Gasteiger partial charge on any atom is -0.358 e. The van der Waals surface area contributed by atoms with Gasteiger partial charge in [0.15, 0.2) is 0 Å². The number of para-hydroxylation sites is 1. The first-order valence-corrected chi connectivity index (χ1v) is 5.03. The van der Waals surface area contributed by atoms with E-state index >= 15 is 0 Å². The molecule has 1 aliphatic carbocycles. The summed E-state index contributed by atoms with van der Waals surface area (Å²) in [5.74, 6) is 0. The number of aromatic nitrogens is 1. The molecule has 1 aromatic carbocycles. The van der Waals surface area contributed by atoms with Gasteiger partial charge in [-0.05, 0) is 37.3 Å². The van der Waals surface area contributed by atoms with E-state index in [2.05, 4.69) is 29.2 Å². The molecule has 0 saturated carbocycles. The van der Waals surface area contributed by atoms with Gasteiger partial charge in [-0.1, -0.05) is 18.2 Å². The first-order valence-electron chi connectivity index (χ1n) is 5.03. The van der Waals surface area contributed by atoms with Gasteiger partial charge in [0.2, 0.25) is 0 Å². The Bertz CT molecular complexity index is 445. The molecule has 1 aliphatic rings. The first-order chi connectivity index (χ1) is 6.45. The Hall–Kier alpha value is -0.318. The van der Waals surface area contributed by atoms with Crippen LogP contribution in [0.3, 0.4) is 0 Å². The van der Waals surface area contributed by atoms with E-state index in [4.69, 9.17) is 0 Å². The topological polar surface area (TPSA) is 15.8 Å². The van der Waals surface area contributed by atoms with E-state index in [1.54, 1.807) is 5.56 Å². The Morgan fingerprint density at radius 3 is 2.71 bits per heavy atom. The number of aromatic amines is 1. The van der Waals surface area contributed by atoms with Gasteiger partial charge in [-0.25, -0.2) is 0 Å². The fourth-order valence-electron chi connectivity index (χ4n) is 2.36. The van der Waals surface area contributed by atoms with E-state index < -0.39 is 0 Å². The smallest absolute Gasteiger partial charge is 0.0458 e. The summed E-state index contributed by atoms with van der Waals surface area (Å²) in [6.07, 6.45) is 5.21. The van der Waals surface area contributed by atoms with E-state index in [9.17, 15) is 0 Å². The van der Waals surface area contributed by atoms with Crippen LogP contribution < -0.4 is 0 Å². The van der Waals surface area contributed by atoms with Crippen molar-refractivity contribution in [2.45, 2.75) is 25.7 Å². The van der Waals surface area contributed by atoms with Crippen molar-refractivity contribution in [3.8, 4) is 0 Å². The number of aryl methyl sites for hydroxylation is 2. The third kappa shape index (κ3) is 1.51. The Morgan fingerprint density at radius 2 is 1.79 bits per heavy atom. The monoisotopic (exact) mass is 379 g/mol. The summed E-state index contributed by atoms with van der Waals surface area (Å²) >= 11 is 0. The molecule has 0 spiro atoms. The van der Waals surface area contributed by atoms with Crippen LogP contribution in [-0.4, -0.2) is 32.3 Å². The molecule has 1 heterocycles. The van der Waals surface area contributed by atoms with Gasteiger partial charge in [-0.15, -0.1) is 0 Å². The molecule has 14 heavy (non-hydrogen) atoms. The molecule has 70 valence electrons. The predicted molar refractivity (Wildman–Crippen MR) is 60.7 cm³/mol. The van der Waals surface area contributed by atoms with Crippen LogP contribution in [-0.2, 0) is 12.8 Å². The Morgan fingerprint density at radius 1 is 1.00 bits per heavy atom. The summed E-state index contributed by atoms with van der Waals surface area (Å²) in [6.45, 7) is 0. The molecule has 2 heteroatoms. The molecular weight excluding hydrogens is 365 g/mol. The van der Waals surface area contributed by atoms with Gasteiger partial charge in [0.25, 0.3) is 0 Å². The first kappa shape index (κ1) is 10.2. The van der Waals surface area contributed by atoms with Crippen LogP contribution in [0.4, 0.5) is 0 Å². The summed E-state index contributed by atoms with van der Waals surface area (Å²) in [5, 5.41) is 1.44. The molecule has 3 rings (SSSR count). The Balaban J connectivity index is 0.000000750. The van der Waals surface area contributed by atoms with Gasteiger partial charge in [0.05, 0.1) is 0 Å². The average Bonchev–Trinajstić information content (AvgIpc) is 2.56. The minimum absolute atomic E-state index is 0. The molecule has 0 fully saturated rings. The van der Waals surface area contributed by atoms with Crippen molar-refractivity contribution >= 4 is 38.2 Å². The van der Waals surface area contributed by atoms with Crippen molar-refractivity contribution in [3.63, 3.8) is 0 Å². The standard InChI is InChI=1S/C12H13N.Pb/c1-3-7-11-9(5-1)10-6-2-4-8-12(10)13-11;/h1,3,5,7,13H,2,4,6,8H2;. The van der Waals surface area contributed by atoms with E-state index in [-0.39, 0.29) is 27.3 Å². The van der Waals surface area contributed by atoms with Gasteiger partial charge in [0, 0.05) is 43.9 Å². The van der Waals surface area contributed by atoms with E-state index in [1.807, 2.05) is 0 Å². The second-order valence-corrected chi connectivity index (χ2v) is 3.83. The summed E-state index contributed by atoms with van der Waals surface area (Å²) in [6, 6.07) is 8.64. The van der Waals surface area contributed by atoms with Crippen LogP contribution in [0.2, 0.25) is 0 Å². The number of hydrogen-bond acceptors (Lipinski definition) is 0. The van der Waals surface area contributed by atoms with Crippen LogP contribution in [0.15, 0.2) is 24.3 Å². The van der Waals surface area contributed by atoms with Crippen LogP contribution in [0.1, 0.15) is 24.1 Å². The van der Waals surface area contributed by atoms with Crippen LogP contribution in [0.5, 0.6) is 0 Å². The van der Waals surface area contributed by atoms with E-state index in [1.165, 1.54) is 42.3 Å². The quantitative estimate of drug-likeness (QED) is 0.679. The van der Waals surface area contributed by atoms with Gasteiger partial charge in [-0.2, -0.15) is 0 Å². The van der Waals surface area contributed by atoms with Gasteiger partial charge in [0.1, 0.15) is 0 Å². The molecular formula is C12H13NPb. The zero-order valence-electron chi connectivity index (χ0n) is 8.14. The zero-order chi connectivity index (χ0) is 8.67. The molecule has 1 aromatic heterocycles. The second-order valence-electron chi connectivity index (χ2n) is 3.83. The molecule has 0 aliphatic heterocycles. The molecule has 1 N–H and O–H groups in total. The average molecular weight is 378 g/mol. The maximum absolute atomic E-state index is 3.52. The summed E-state index contributed by atoms with van der Waals surface area (Å²) in [4.78, 5) is 3.52. The van der Waals surface area contributed by atoms with Gasteiger partial charge < -0.3 is 4.98 Å². The summed E-state index contributed by atoms with van der Waals surface area (Å²) in [5.41, 5.74) is 4.36. The minimum atomic E-state index is 0. The third-order valence-electron chi connectivity index (χ3n) is 3.01. The second kappa shape index (κ2) is 4.05. The fourth-order valence-corrected chi connectivity index (χ4v) is 2.36. The molecule has 0 bridgehead atoms. The fraction of sp³-hybridized carbons (Fsp3) is 0.333. The van der Waals surface area contributed by atoms with E-state index in [0.29, 0.717) is 0 Å². The molecule has 0 saturated heterocycles. The van der Waals surface area contributed by atoms with Crippen molar-refractivity contribution in [2.75, 3.05) is 0 Å². The van der Waals surface area contributed by atoms with Gasteiger partial charge in [-0.3, -0.25) is 0 Å². The molecule has 0 atom stereocenters. The normalized spacial score (nSPS) is 14.9. The van der Waals surface area contributed by atoms with Crippen molar-refractivity contribution in [2.24, 2.45) is 0 Å². The number of nitrogens with one attached hydrogen (secondary N) is 1. The molecule has 0 amide bonds. The molecule has 2 aromatic rings. The number of rotatable bonds is 0. The maximum Gasteiger partial charge on any atom is 0.0458 e. The SMILES string of the molecule is [Pb].c1ccc2c3c([nH]c2c1)CCCC3. The van der Waals surface area contributed by atoms with Crippen LogP contribution in [0.25, 0.3) is 10.9 Å². The number of hydrogen-bond donors (Lipinski definition) is 1. The zero-order valence-corrected chi connectivity index (χ0v) is 12.0. The van der Waals surface area contributed by atoms with Crippen molar-refractivity contribution in [3.05, 3.63) is 35.5 Å². The largest absolute Gasteiger partial charge is 0.358 e. The number of H-pyrrole nitrogens is 1. The Kier molecular flexibility index (Phi) is 2.95. The predicted octanol–water partition coefficient (Wildman–Crippen LogP) is 2.67. The molecule has 4 radical (unpaired) electrons. The van der Waals surface area contributed by atoms with Crippen molar-refractivity contribution < 1.29 is 0 Å². The summed E-state index contributed by atoms with van der Waals surface area (Å²) < 4.78 is 0. The van der Waals surface area contributed by atoms with Crippen molar-refractivity contribution in [1.82, 2.24) is 4.98 Å². The molecule has 0 unspecified atom stereocenters. The van der Waals surface area contributed by atoms with Crippen LogP contribution >= 0.6 is 0 Å². The maximum atomic E-state index is 3.52. The number of fused-ring (bicyclic) bond motifs is 3. The molecule has 1 nitrogen and oxygen atoms in total. The summed E-state index contributed by atoms with van der Waals surface area (Å²) in [7, 11) is 0. The van der Waals surface area contributed by atoms with Gasteiger partial charge >= 0.3 is 0 Å². The van der Waals surface area contributed by atoms with E-state index in [0.717, 1.165) is 0 Å². The number of benzene rings is 1. The van der Waals surface area contributed by atoms with Crippen molar-refractivity contribution in [1.29, 1.82) is 0 Å².